The molecule has 0 saturated carbocycles. The van der Waals surface area contributed by atoms with Gasteiger partial charge in [-0.25, -0.2) is 4.79 Å². The van der Waals surface area contributed by atoms with Crippen LogP contribution in [-0.4, -0.2) is 33.7 Å². The predicted octanol–water partition coefficient (Wildman–Crippen LogP) is 1.97. The molecule has 2 aliphatic heterocycles. The first kappa shape index (κ1) is 12.5. The standard InChI is InChI=1S/C14H15NO3S/c1-9-2-4-10(5-3-9)14-7-6-12(16)15(14)11(8-19-14)13(17)18/h2-5,11H,6-8H2,1H3,(H,17,18)/t11-,14+/m1/s1. The molecule has 1 N–H and O–H groups in total. The molecule has 0 spiro atoms. The van der Waals surface area contributed by atoms with Gasteiger partial charge in [-0.15, -0.1) is 11.8 Å². The molecule has 0 radical (unpaired) electrons. The van der Waals surface area contributed by atoms with Crippen molar-refractivity contribution in [3.63, 3.8) is 0 Å². The zero-order chi connectivity index (χ0) is 13.6. The van der Waals surface area contributed by atoms with E-state index in [4.69, 9.17) is 0 Å². The molecule has 2 atom stereocenters. The minimum atomic E-state index is -0.906. The van der Waals surface area contributed by atoms with Crippen molar-refractivity contribution in [1.29, 1.82) is 0 Å². The topological polar surface area (TPSA) is 57.6 Å². The van der Waals surface area contributed by atoms with E-state index in [9.17, 15) is 14.7 Å². The van der Waals surface area contributed by atoms with E-state index in [1.54, 1.807) is 16.7 Å². The van der Waals surface area contributed by atoms with Crippen LogP contribution in [0.2, 0.25) is 0 Å². The van der Waals surface area contributed by atoms with Gasteiger partial charge >= 0.3 is 5.97 Å². The van der Waals surface area contributed by atoms with Gasteiger partial charge in [0.05, 0.1) is 0 Å². The first-order chi connectivity index (χ1) is 9.04. The van der Waals surface area contributed by atoms with Crippen LogP contribution < -0.4 is 0 Å². The second-order valence-electron chi connectivity index (χ2n) is 5.08. The molecule has 0 aromatic heterocycles. The zero-order valence-electron chi connectivity index (χ0n) is 10.6. The van der Waals surface area contributed by atoms with Gasteiger partial charge < -0.3 is 10.0 Å². The van der Waals surface area contributed by atoms with Crippen molar-refractivity contribution in [2.75, 3.05) is 5.75 Å². The number of amides is 1. The van der Waals surface area contributed by atoms with Crippen molar-refractivity contribution < 1.29 is 14.7 Å². The summed E-state index contributed by atoms with van der Waals surface area (Å²) in [6, 6.07) is 7.36. The average Bonchev–Trinajstić information content (AvgIpc) is 2.90. The summed E-state index contributed by atoms with van der Waals surface area (Å²) in [5, 5.41) is 9.28. The molecule has 5 heteroatoms. The van der Waals surface area contributed by atoms with E-state index in [1.165, 1.54) is 0 Å². The molecule has 100 valence electrons. The molecule has 0 bridgehead atoms. The Balaban J connectivity index is 2.05. The van der Waals surface area contributed by atoms with Gasteiger partial charge in [-0.3, -0.25) is 4.79 Å². The van der Waals surface area contributed by atoms with Crippen molar-refractivity contribution in [2.24, 2.45) is 0 Å². The lowest BCUT2D eigenvalue weighted by Gasteiger charge is -2.33. The van der Waals surface area contributed by atoms with Crippen LogP contribution in [-0.2, 0) is 14.5 Å². The lowest BCUT2D eigenvalue weighted by molar-refractivity contribution is -0.148. The number of nitrogens with zero attached hydrogens (tertiary/aromatic N) is 1. The number of rotatable bonds is 2. The van der Waals surface area contributed by atoms with Gasteiger partial charge in [0.1, 0.15) is 10.9 Å². The number of benzene rings is 1. The first-order valence-corrected chi connectivity index (χ1v) is 7.29. The van der Waals surface area contributed by atoms with Gasteiger partial charge in [0.25, 0.3) is 0 Å². The second-order valence-corrected chi connectivity index (χ2v) is 6.38. The number of thioether (sulfide) groups is 1. The number of hydrogen-bond acceptors (Lipinski definition) is 3. The SMILES string of the molecule is Cc1ccc([C@@]23CCC(=O)N2[C@@H](C(=O)O)CS3)cc1. The molecule has 0 aliphatic carbocycles. The molecule has 2 aliphatic rings. The Morgan fingerprint density at radius 3 is 2.74 bits per heavy atom. The van der Waals surface area contributed by atoms with E-state index >= 15 is 0 Å². The number of aryl methyl sites for hydroxylation is 1. The average molecular weight is 277 g/mol. The Morgan fingerprint density at radius 1 is 1.42 bits per heavy atom. The van der Waals surface area contributed by atoms with Gasteiger partial charge in [-0.2, -0.15) is 0 Å². The summed E-state index contributed by atoms with van der Waals surface area (Å²) in [7, 11) is 0. The predicted molar refractivity (Wildman–Crippen MR) is 72.8 cm³/mol. The fraction of sp³-hybridized carbons (Fsp3) is 0.429. The van der Waals surface area contributed by atoms with Gasteiger partial charge in [-0.1, -0.05) is 29.8 Å². The van der Waals surface area contributed by atoms with Crippen molar-refractivity contribution in [1.82, 2.24) is 4.90 Å². The highest BCUT2D eigenvalue weighted by Crippen LogP contribution is 2.54. The number of fused-ring (bicyclic) bond motifs is 1. The number of carbonyl (C=O) groups is 2. The quantitative estimate of drug-likeness (QED) is 0.898. The van der Waals surface area contributed by atoms with Crippen LogP contribution in [0, 0.1) is 6.92 Å². The third-order valence-electron chi connectivity index (χ3n) is 3.91. The number of carbonyl (C=O) groups excluding carboxylic acids is 1. The fourth-order valence-corrected chi connectivity index (χ4v) is 4.58. The van der Waals surface area contributed by atoms with Crippen LogP contribution >= 0.6 is 11.8 Å². The largest absolute Gasteiger partial charge is 0.480 e. The Kier molecular flexibility index (Phi) is 2.82. The molecule has 1 amide bonds. The smallest absolute Gasteiger partial charge is 0.327 e. The maximum absolute atomic E-state index is 12.1. The summed E-state index contributed by atoms with van der Waals surface area (Å²) in [6.07, 6.45) is 1.13. The van der Waals surface area contributed by atoms with Crippen LogP contribution in [0.4, 0.5) is 0 Å². The minimum absolute atomic E-state index is 0.0435. The minimum Gasteiger partial charge on any atom is -0.480 e. The summed E-state index contributed by atoms with van der Waals surface area (Å²) >= 11 is 1.58. The fourth-order valence-electron chi connectivity index (χ4n) is 2.94. The van der Waals surface area contributed by atoms with Gasteiger partial charge in [0.15, 0.2) is 0 Å². The molecule has 1 aromatic rings. The zero-order valence-corrected chi connectivity index (χ0v) is 11.4. The molecule has 0 unspecified atom stereocenters. The highest BCUT2D eigenvalue weighted by Gasteiger charge is 2.56. The maximum atomic E-state index is 12.1. The van der Waals surface area contributed by atoms with Gasteiger partial charge in [-0.05, 0) is 18.9 Å². The Bertz CT molecular complexity index is 542. The van der Waals surface area contributed by atoms with Crippen LogP contribution in [0.25, 0.3) is 0 Å². The van der Waals surface area contributed by atoms with Gasteiger partial charge in [0, 0.05) is 12.2 Å². The molecular formula is C14H15NO3S. The number of hydrogen-bond donors (Lipinski definition) is 1. The van der Waals surface area contributed by atoms with E-state index in [0.29, 0.717) is 18.6 Å². The van der Waals surface area contributed by atoms with Crippen LogP contribution in [0.5, 0.6) is 0 Å². The van der Waals surface area contributed by atoms with Crippen molar-refractivity contribution in [3.8, 4) is 0 Å². The third kappa shape index (κ3) is 1.75. The summed E-state index contributed by atoms with van der Waals surface area (Å²) in [5.74, 6) is -0.482. The van der Waals surface area contributed by atoms with Gasteiger partial charge in [0.2, 0.25) is 5.91 Å². The molecule has 2 fully saturated rings. The summed E-state index contributed by atoms with van der Waals surface area (Å²) in [4.78, 5) is 24.5. The lowest BCUT2D eigenvalue weighted by atomic mass is 10.0. The van der Waals surface area contributed by atoms with E-state index in [-0.39, 0.29) is 5.91 Å². The van der Waals surface area contributed by atoms with Crippen LogP contribution in [0.15, 0.2) is 24.3 Å². The van der Waals surface area contributed by atoms with Crippen LogP contribution in [0.1, 0.15) is 24.0 Å². The maximum Gasteiger partial charge on any atom is 0.327 e. The molecule has 19 heavy (non-hydrogen) atoms. The Labute approximate surface area is 115 Å². The summed E-state index contributed by atoms with van der Waals surface area (Å²) < 4.78 is 0. The van der Waals surface area contributed by atoms with E-state index < -0.39 is 16.9 Å². The summed E-state index contributed by atoms with van der Waals surface area (Å²) in [6.45, 7) is 2.01. The highest BCUT2D eigenvalue weighted by molar-refractivity contribution is 8.00. The highest BCUT2D eigenvalue weighted by atomic mass is 32.2. The molecular weight excluding hydrogens is 262 g/mol. The van der Waals surface area contributed by atoms with E-state index in [1.807, 2.05) is 31.2 Å². The first-order valence-electron chi connectivity index (χ1n) is 6.31. The van der Waals surface area contributed by atoms with Crippen molar-refractivity contribution in [2.45, 2.75) is 30.7 Å². The normalized spacial score (nSPS) is 29.6. The summed E-state index contributed by atoms with van der Waals surface area (Å²) in [5.41, 5.74) is 2.20. The van der Waals surface area contributed by atoms with Crippen molar-refractivity contribution in [3.05, 3.63) is 35.4 Å². The Hall–Kier alpha value is -1.49. The molecule has 3 rings (SSSR count). The number of carboxylic acid groups (broad SMARTS) is 1. The second kappa shape index (κ2) is 4.27. The molecule has 2 heterocycles. The van der Waals surface area contributed by atoms with Crippen molar-refractivity contribution >= 4 is 23.6 Å². The number of aliphatic carboxylic acids is 1. The van der Waals surface area contributed by atoms with E-state index in [0.717, 1.165) is 11.1 Å². The monoisotopic (exact) mass is 277 g/mol. The molecule has 1 aromatic carbocycles. The Morgan fingerprint density at radius 2 is 2.11 bits per heavy atom. The lowest BCUT2D eigenvalue weighted by Crippen LogP contribution is -2.45. The third-order valence-corrected chi connectivity index (χ3v) is 5.51. The molecule has 4 nitrogen and oxygen atoms in total. The molecule has 2 saturated heterocycles. The van der Waals surface area contributed by atoms with E-state index in [2.05, 4.69) is 0 Å². The van der Waals surface area contributed by atoms with Crippen LogP contribution in [0.3, 0.4) is 0 Å². The number of carboxylic acids is 1.